The summed E-state index contributed by atoms with van der Waals surface area (Å²) in [6.07, 6.45) is 13.2. The standard InChI is InChI=1S/C33H42N4O3/c1-3-9-25(22-10-5-4-6-11-22)21-40-27-15-8-13-24(17-27)23-12-7-14-26(16-23)37-32(30(19-36-37)33(38)39)29-18-28(29)31(34)20-35-2/h7-8,12-17,19-20,22,25,28-29,35H,3-6,9-11,18,21,34H2,1-2H3,(H,38,39)/b31-20-. The summed E-state index contributed by atoms with van der Waals surface area (Å²) in [5.74, 6) is 1.42. The lowest BCUT2D eigenvalue weighted by Crippen LogP contribution is -2.24. The first-order valence-corrected chi connectivity index (χ1v) is 14.8. The molecule has 0 amide bonds. The van der Waals surface area contributed by atoms with E-state index in [4.69, 9.17) is 10.5 Å². The minimum atomic E-state index is -0.973. The van der Waals surface area contributed by atoms with E-state index in [2.05, 4.69) is 41.6 Å². The van der Waals surface area contributed by atoms with Crippen molar-refractivity contribution in [3.8, 4) is 22.6 Å². The van der Waals surface area contributed by atoms with Gasteiger partial charge in [0.15, 0.2) is 0 Å². The Hall–Kier alpha value is -3.74. The predicted octanol–water partition coefficient (Wildman–Crippen LogP) is 6.74. The minimum absolute atomic E-state index is 0.0128. The molecule has 5 rings (SSSR count). The Kier molecular flexibility index (Phi) is 8.78. The van der Waals surface area contributed by atoms with Crippen LogP contribution in [0.4, 0.5) is 0 Å². The highest BCUT2D eigenvalue weighted by atomic mass is 16.5. The highest BCUT2D eigenvalue weighted by molar-refractivity contribution is 5.89. The smallest absolute Gasteiger partial charge is 0.339 e. The second-order valence-corrected chi connectivity index (χ2v) is 11.4. The second kappa shape index (κ2) is 12.6. The molecule has 2 aromatic carbocycles. The van der Waals surface area contributed by atoms with Gasteiger partial charge in [0, 0.05) is 30.8 Å². The first kappa shape index (κ1) is 27.8. The van der Waals surface area contributed by atoms with Crippen LogP contribution in [0, 0.1) is 17.8 Å². The molecule has 2 saturated carbocycles. The van der Waals surface area contributed by atoms with Gasteiger partial charge < -0.3 is 20.9 Å². The summed E-state index contributed by atoms with van der Waals surface area (Å²) in [5.41, 5.74) is 10.8. The molecule has 0 saturated heterocycles. The van der Waals surface area contributed by atoms with Gasteiger partial charge in [-0.05, 0) is 60.1 Å². The monoisotopic (exact) mass is 542 g/mol. The number of hydrogen-bond donors (Lipinski definition) is 3. The average molecular weight is 543 g/mol. The van der Waals surface area contributed by atoms with E-state index in [9.17, 15) is 9.90 Å². The van der Waals surface area contributed by atoms with Crippen LogP contribution in [0.5, 0.6) is 5.75 Å². The van der Waals surface area contributed by atoms with Gasteiger partial charge in [0.05, 0.1) is 24.2 Å². The highest BCUT2D eigenvalue weighted by Gasteiger charge is 2.45. The molecule has 40 heavy (non-hydrogen) atoms. The summed E-state index contributed by atoms with van der Waals surface area (Å²) >= 11 is 0. The van der Waals surface area contributed by atoms with Crippen molar-refractivity contribution in [2.24, 2.45) is 23.5 Å². The van der Waals surface area contributed by atoms with E-state index in [1.54, 1.807) is 10.9 Å². The number of nitrogens with zero attached hydrogens (tertiary/aromatic N) is 2. The molecule has 0 bridgehead atoms. The van der Waals surface area contributed by atoms with E-state index in [1.165, 1.54) is 51.1 Å². The maximum Gasteiger partial charge on any atom is 0.339 e. The fourth-order valence-corrected chi connectivity index (χ4v) is 6.44. The number of hydrogen-bond acceptors (Lipinski definition) is 5. The lowest BCUT2D eigenvalue weighted by atomic mass is 9.78. The maximum atomic E-state index is 12.1. The molecule has 3 unspecified atom stereocenters. The van der Waals surface area contributed by atoms with E-state index in [0.29, 0.717) is 11.6 Å². The van der Waals surface area contributed by atoms with Gasteiger partial charge in [0.2, 0.25) is 0 Å². The van der Waals surface area contributed by atoms with E-state index >= 15 is 0 Å². The molecule has 7 nitrogen and oxygen atoms in total. The van der Waals surface area contributed by atoms with E-state index in [-0.39, 0.29) is 17.4 Å². The summed E-state index contributed by atoms with van der Waals surface area (Å²) in [6.45, 7) is 3.04. The quantitative estimate of drug-likeness (QED) is 0.234. The average Bonchev–Trinajstić information content (AvgIpc) is 3.65. The third-order valence-electron chi connectivity index (χ3n) is 8.62. The fourth-order valence-electron chi connectivity index (χ4n) is 6.44. The van der Waals surface area contributed by atoms with Gasteiger partial charge in [-0.15, -0.1) is 0 Å². The molecular formula is C33H42N4O3. The van der Waals surface area contributed by atoms with Gasteiger partial charge in [-0.2, -0.15) is 5.10 Å². The number of ether oxygens (including phenoxy) is 1. The summed E-state index contributed by atoms with van der Waals surface area (Å²) in [4.78, 5) is 12.1. The molecule has 2 fully saturated rings. The molecule has 2 aliphatic rings. The van der Waals surface area contributed by atoms with Crippen molar-refractivity contribution >= 4 is 5.97 Å². The predicted molar refractivity (Wildman–Crippen MR) is 159 cm³/mol. The van der Waals surface area contributed by atoms with Crippen molar-refractivity contribution in [3.63, 3.8) is 0 Å². The van der Waals surface area contributed by atoms with Gasteiger partial charge >= 0.3 is 5.97 Å². The van der Waals surface area contributed by atoms with Crippen LogP contribution in [0.15, 0.2) is 66.6 Å². The van der Waals surface area contributed by atoms with Crippen molar-refractivity contribution in [1.82, 2.24) is 15.1 Å². The maximum absolute atomic E-state index is 12.1. The molecule has 212 valence electrons. The van der Waals surface area contributed by atoms with Crippen LogP contribution in [0.1, 0.15) is 80.3 Å². The molecule has 1 heterocycles. The number of benzene rings is 2. The molecule has 3 atom stereocenters. The van der Waals surface area contributed by atoms with Gasteiger partial charge in [-0.3, -0.25) is 0 Å². The number of rotatable bonds is 12. The molecule has 0 aliphatic heterocycles. The zero-order valence-corrected chi connectivity index (χ0v) is 23.7. The molecule has 0 radical (unpaired) electrons. The molecule has 2 aliphatic carbocycles. The number of nitrogens with two attached hydrogens (primary N) is 1. The summed E-state index contributed by atoms with van der Waals surface area (Å²) < 4.78 is 8.16. The van der Waals surface area contributed by atoms with Crippen molar-refractivity contribution in [2.45, 2.75) is 64.2 Å². The molecule has 0 spiro atoms. The molecule has 4 N–H and O–H groups in total. The lowest BCUT2D eigenvalue weighted by Gasteiger charge is -2.30. The van der Waals surface area contributed by atoms with Gasteiger partial charge in [-0.1, -0.05) is 69.7 Å². The molecule has 7 heteroatoms. The van der Waals surface area contributed by atoms with Crippen molar-refractivity contribution in [2.75, 3.05) is 13.7 Å². The van der Waals surface area contributed by atoms with E-state index in [0.717, 1.165) is 47.2 Å². The van der Waals surface area contributed by atoms with Crippen LogP contribution >= 0.6 is 0 Å². The number of aromatic nitrogens is 2. The van der Waals surface area contributed by atoms with Crippen LogP contribution in [-0.4, -0.2) is 34.5 Å². The Labute approximate surface area is 237 Å². The Balaban J connectivity index is 1.37. The number of carboxylic acid groups (broad SMARTS) is 1. The van der Waals surface area contributed by atoms with Crippen LogP contribution in [0.25, 0.3) is 16.8 Å². The van der Waals surface area contributed by atoms with Crippen molar-refractivity contribution in [1.29, 1.82) is 0 Å². The second-order valence-electron chi connectivity index (χ2n) is 11.4. The van der Waals surface area contributed by atoms with Crippen LogP contribution in [-0.2, 0) is 0 Å². The molecule has 3 aromatic rings. The van der Waals surface area contributed by atoms with Gasteiger partial charge in [0.25, 0.3) is 0 Å². The van der Waals surface area contributed by atoms with Crippen LogP contribution in [0.3, 0.4) is 0 Å². The zero-order valence-electron chi connectivity index (χ0n) is 23.7. The number of aromatic carboxylic acids is 1. The first-order chi connectivity index (χ1) is 19.5. The fraction of sp³-hybridized carbons (Fsp3) is 0.455. The van der Waals surface area contributed by atoms with Crippen LogP contribution in [0.2, 0.25) is 0 Å². The number of carbonyl (C=O) groups is 1. The normalized spacial score (nSPS) is 20.2. The van der Waals surface area contributed by atoms with E-state index in [1.807, 2.05) is 31.3 Å². The van der Waals surface area contributed by atoms with E-state index < -0.39 is 5.97 Å². The van der Waals surface area contributed by atoms with Gasteiger partial charge in [-0.25, -0.2) is 9.48 Å². The minimum Gasteiger partial charge on any atom is -0.493 e. The molecule has 1 aromatic heterocycles. The first-order valence-electron chi connectivity index (χ1n) is 14.8. The summed E-state index contributed by atoms with van der Waals surface area (Å²) in [6, 6.07) is 16.4. The Bertz CT molecular complexity index is 1340. The Morgan fingerprint density at radius 2 is 1.93 bits per heavy atom. The number of nitrogens with one attached hydrogen (secondary N) is 1. The summed E-state index contributed by atoms with van der Waals surface area (Å²) in [5, 5.41) is 17.4. The third kappa shape index (κ3) is 6.19. The SMILES string of the molecule is CCCC(COc1cccc(-c2cccc(-n3ncc(C(=O)O)c3C3CC3/C(N)=C/NC)c2)c1)C1CCCCC1. The Morgan fingerprint density at radius 1 is 1.18 bits per heavy atom. The zero-order chi connectivity index (χ0) is 28.1. The Morgan fingerprint density at radius 3 is 2.65 bits per heavy atom. The molecular weight excluding hydrogens is 500 g/mol. The lowest BCUT2D eigenvalue weighted by molar-refractivity contribution is 0.0695. The largest absolute Gasteiger partial charge is 0.493 e. The van der Waals surface area contributed by atoms with Crippen molar-refractivity contribution in [3.05, 3.63) is 77.9 Å². The van der Waals surface area contributed by atoms with Crippen molar-refractivity contribution < 1.29 is 14.6 Å². The van der Waals surface area contributed by atoms with Gasteiger partial charge in [0.1, 0.15) is 11.3 Å². The van der Waals surface area contributed by atoms with Crippen LogP contribution < -0.4 is 15.8 Å². The third-order valence-corrected chi connectivity index (χ3v) is 8.62. The topological polar surface area (TPSA) is 102 Å². The number of allylic oxidation sites excluding steroid dienone is 1. The highest BCUT2D eigenvalue weighted by Crippen LogP contribution is 2.51. The summed E-state index contributed by atoms with van der Waals surface area (Å²) in [7, 11) is 1.81. The number of carboxylic acids is 1.